The smallest absolute Gasteiger partial charge is 0.408 e. The zero-order chi connectivity index (χ0) is 24.8. The number of carbonyl (C=O) groups excluding carboxylic acids is 2. The fourth-order valence-corrected chi connectivity index (χ4v) is 5.19. The first-order valence-electron chi connectivity index (χ1n) is 11.3. The molecule has 1 aromatic carbocycles. The largest absolute Gasteiger partial charge is 0.444 e. The van der Waals surface area contributed by atoms with Gasteiger partial charge in [-0.25, -0.2) is 13.2 Å². The van der Waals surface area contributed by atoms with Crippen LogP contribution in [0, 0.1) is 5.92 Å². The van der Waals surface area contributed by atoms with Gasteiger partial charge in [0.2, 0.25) is 15.9 Å². The molecule has 0 spiro atoms. The van der Waals surface area contributed by atoms with Crippen molar-refractivity contribution in [3.63, 3.8) is 0 Å². The van der Waals surface area contributed by atoms with Crippen LogP contribution in [0.25, 0.3) is 0 Å². The van der Waals surface area contributed by atoms with Gasteiger partial charge in [0.25, 0.3) is 0 Å². The van der Waals surface area contributed by atoms with Gasteiger partial charge in [-0.2, -0.15) is 4.31 Å². The third kappa shape index (κ3) is 8.28. The van der Waals surface area contributed by atoms with Crippen LogP contribution < -0.4 is 10.6 Å². The van der Waals surface area contributed by atoms with Crippen molar-refractivity contribution < 1.29 is 27.9 Å². The molecule has 186 valence electrons. The molecule has 0 bridgehead atoms. The summed E-state index contributed by atoms with van der Waals surface area (Å²) in [4.78, 5) is 25.4. The Morgan fingerprint density at radius 1 is 1.21 bits per heavy atom. The van der Waals surface area contributed by atoms with E-state index >= 15 is 0 Å². The Bertz CT molecular complexity index is 899. The quantitative estimate of drug-likeness (QED) is 0.546. The number of rotatable bonds is 7. The molecule has 0 radical (unpaired) electrons. The Balaban J connectivity index is 2.07. The number of carbonyl (C=O) groups is 2. The fourth-order valence-electron chi connectivity index (χ4n) is 3.67. The van der Waals surface area contributed by atoms with Crippen LogP contribution in [0.3, 0.4) is 0 Å². The highest BCUT2D eigenvalue weighted by Crippen LogP contribution is 2.21. The molecule has 9 nitrogen and oxygen atoms in total. The van der Waals surface area contributed by atoms with Crippen molar-refractivity contribution in [1.29, 1.82) is 0 Å². The maximum atomic E-state index is 13.0. The highest BCUT2D eigenvalue weighted by molar-refractivity contribution is 7.89. The van der Waals surface area contributed by atoms with Crippen molar-refractivity contribution in [2.24, 2.45) is 5.92 Å². The van der Waals surface area contributed by atoms with E-state index in [4.69, 9.17) is 4.74 Å². The number of aliphatic hydroxyl groups excluding tert-OH is 1. The molecule has 10 heteroatoms. The van der Waals surface area contributed by atoms with E-state index < -0.39 is 45.8 Å². The number of ether oxygens (including phenoxy) is 1. The Morgan fingerprint density at radius 2 is 1.85 bits per heavy atom. The van der Waals surface area contributed by atoms with Crippen molar-refractivity contribution in [3.8, 4) is 0 Å². The fraction of sp³-hybridized carbons (Fsp3) is 0.652. The summed E-state index contributed by atoms with van der Waals surface area (Å²) in [6.07, 6.45) is -0.500. The van der Waals surface area contributed by atoms with Crippen molar-refractivity contribution in [1.82, 2.24) is 14.9 Å². The van der Waals surface area contributed by atoms with E-state index in [0.29, 0.717) is 19.3 Å². The molecule has 2 unspecified atom stereocenters. The van der Waals surface area contributed by atoms with Crippen LogP contribution in [0.2, 0.25) is 0 Å². The topological polar surface area (TPSA) is 125 Å². The van der Waals surface area contributed by atoms with Crippen LogP contribution in [-0.2, 0) is 19.6 Å². The van der Waals surface area contributed by atoms with Crippen molar-refractivity contribution in [3.05, 3.63) is 30.3 Å². The van der Waals surface area contributed by atoms with Crippen molar-refractivity contribution in [2.75, 3.05) is 13.1 Å². The zero-order valence-corrected chi connectivity index (χ0v) is 20.9. The minimum Gasteiger partial charge on any atom is -0.444 e. The molecule has 1 fully saturated rings. The summed E-state index contributed by atoms with van der Waals surface area (Å²) in [5.41, 5.74) is -0.700. The third-order valence-corrected chi connectivity index (χ3v) is 7.08. The van der Waals surface area contributed by atoms with E-state index in [-0.39, 0.29) is 23.9 Å². The number of sulfonamides is 1. The molecule has 1 aliphatic heterocycles. The number of nitrogens with zero attached hydrogens (tertiary/aromatic N) is 1. The Hall–Kier alpha value is -2.17. The minimum absolute atomic E-state index is 0.126. The standard InChI is InChI=1S/C23H37N3O6S/c1-16(2)14-19(25-22(29)32-23(3,4)5)21(28)24-18-12-9-13-26(15-20(18)27)33(30,31)17-10-7-6-8-11-17/h6-8,10-11,16,18-20,27H,9,12-15H2,1-5H3,(H,24,28)(H,25,29)/t18?,19?,20-/m0/s1. The number of β-amino-alcohol motifs (C(OH)–C–C–N with tert-alkyl or cyclic N) is 1. The van der Waals surface area contributed by atoms with E-state index in [1.165, 1.54) is 16.4 Å². The van der Waals surface area contributed by atoms with Crippen LogP contribution in [0.15, 0.2) is 35.2 Å². The van der Waals surface area contributed by atoms with E-state index in [9.17, 15) is 23.1 Å². The molecule has 1 saturated heterocycles. The van der Waals surface area contributed by atoms with Crippen molar-refractivity contribution in [2.45, 2.75) is 82.6 Å². The van der Waals surface area contributed by atoms with Crippen LogP contribution >= 0.6 is 0 Å². The third-order valence-electron chi connectivity index (χ3n) is 5.20. The lowest BCUT2D eigenvalue weighted by Crippen LogP contribution is -2.54. The Morgan fingerprint density at radius 3 is 2.42 bits per heavy atom. The van der Waals surface area contributed by atoms with Gasteiger partial charge in [-0.1, -0.05) is 32.0 Å². The van der Waals surface area contributed by atoms with Gasteiger partial charge < -0.3 is 20.5 Å². The molecule has 3 atom stereocenters. The monoisotopic (exact) mass is 483 g/mol. The van der Waals surface area contributed by atoms with Gasteiger partial charge in [0.1, 0.15) is 11.6 Å². The normalized spacial score (nSPS) is 21.2. The van der Waals surface area contributed by atoms with Gasteiger partial charge in [0, 0.05) is 13.1 Å². The number of benzene rings is 1. The first kappa shape index (κ1) is 27.1. The Kier molecular flexibility index (Phi) is 9.28. The number of hydrogen-bond donors (Lipinski definition) is 3. The van der Waals surface area contributed by atoms with Gasteiger partial charge in [-0.15, -0.1) is 0 Å². The summed E-state index contributed by atoms with van der Waals surface area (Å²) in [6, 6.07) is 6.60. The molecule has 3 N–H and O–H groups in total. The van der Waals surface area contributed by atoms with E-state index in [0.717, 1.165) is 0 Å². The number of amides is 2. The summed E-state index contributed by atoms with van der Waals surface area (Å²) in [5.74, 6) is -0.306. The molecule has 2 amide bonds. The highest BCUT2D eigenvalue weighted by atomic mass is 32.2. The summed E-state index contributed by atoms with van der Waals surface area (Å²) >= 11 is 0. The van der Waals surface area contributed by atoms with Crippen LogP contribution in [-0.4, -0.2) is 66.7 Å². The summed E-state index contributed by atoms with van der Waals surface area (Å²) < 4.78 is 32.4. The molecule has 0 aromatic heterocycles. The number of nitrogens with one attached hydrogen (secondary N) is 2. The lowest BCUT2D eigenvalue weighted by molar-refractivity contribution is -0.125. The van der Waals surface area contributed by atoms with Gasteiger partial charge in [-0.05, 0) is 58.1 Å². The average Bonchev–Trinajstić information content (AvgIpc) is 2.88. The van der Waals surface area contributed by atoms with E-state index in [1.54, 1.807) is 39.0 Å². The number of aliphatic hydroxyl groups is 1. The highest BCUT2D eigenvalue weighted by Gasteiger charge is 2.34. The summed E-state index contributed by atoms with van der Waals surface area (Å²) in [7, 11) is -3.75. The van der Waals surface area contributed by atoms with Gasteiger partial charge in [-0.3, -0.25) is 4.79 Å². The minimum atomic E-state index is -3.75. The molecule has 0 saturated carbocycles. The van der Waals surface area contributed by atoms with E-state index in [1.807, 2.05) is 13.8 Å². The van der Waals surface area contributed by atoms with Crippen LogP contribution in [0.4, 0.5) is 4.79 Å². The zero-order valence-electron chi connectivity index (χ0n) is 20.1. The molecule has 2 rings (SSSR count). The Labute approximate surface area is 196 Å². The first-order valence-corrected chi connectivity index (χ1v) is 12.8. The predicted octanol–water partition coefficient (Wildman–Crippen LogP) is 2.26. The van der Waals surface area contributed by atoms with Crippen LogP contribution in [0.5, 0.6) is 0 Å². The molecule has 1 aliphatic rings. The van der Waals surface area contributed by atoms with Gasteiger partial charge in [0.15, 0.2) is 0 Å². The second-order valence-electron chi connectivity index (χ2n) is 9.83. The lowest BCUT2D eigenvalue weighted by Gasteiger charge is -2.28. The molecule has 1 aromatic rings. The summed E-state index contributed by atoms with van der Waals surface area (Å²) in [6.45, 7) is 9.19. The maximum absolute atomic E-state index is 13.0. The average molecular weight is 484 g/mol. The lowest BCUT2D eigenvalue weighted by atomic mass is 10.0. The van der Waals surface area contributed by atoms with E-state index in [2.05, 4.69) is 10.6 Å². The molecular weight excluding hydrogens is 446 g/mol. The van der Waals surface area contributed by atoms with Gasteiger partial charge >= 0.3 is 6.09 Å². The second kappa shape index (κ2) is 11.3. The second-order valence-corrected chi connectivity index (χ2v) is 11.8. The number of hydrogen-bond acceptors (Lipinski definition) is 6. The number of alkyl carbamates (subject to hydrolysis) is 1. The molecule has 1 heterocycles. The molecular formula is C23H37N3O6S. The van der Waals surface area contributed by atoms with Crippen LogP contribution in [0.1, 0.15) is 53.9 Å². The molecule has 0 aliphatic carbocycles. The van der Waals surface area contributed by atoms with Gasteiger partial charge in [0.05, 0.1) is 17.0 Å². The first-order chi connectivity index (χ1) is 15.3. The SMILES string of the molecule is CC(C)CC(NC(=O)OC(C)(C)C)C(=O)NC1CCCN(S(=O)(=O)c2ccccc2)C[C@@H]1O. The molecule has 33 heavy (non-hydrogen) atoms. The van der Waals surface area contributed by atoms with Crippen molar-refractivity contribution >= 4 is 22.0 Å². The predicted molar refractivity (Wildman–Crippen MR) is 125 cm³/mol. The maximum Gasteiger partial charge on any atom is 0.408 e. The summed E-state index contributed by atoms with van der Waals surface area (Å²) in [5, 5.41) is 16.2.